The SMILES string of the molecule is CCN(Cc1ccccc1)C(=O)CNC(=NC)N(C)Cc1ccc(OC)cc1OC.I. The summed E-state index contributed by atoms with van der Waals surface area (Å²) in [6.07, 6.45) is 0. The monoisotopic (exact) mass is 540 g/mol. The van der Waals surface area contributed by atoms with Crippen molar-refractivity contribution >= 4 is 35.8 Å². The molecule has 0 aliphatic carbocycles. The molecule has 0 radical (unpaired) electrons. The molecule has 0 spiro atoms. The molecule has 31 heavy (non-hydrogen) atoms. The van der Waals surface area contributed by atoms with Crippen molar-refractivity contribution in [3.8, 4) is 11.5 Å². The quantitative estimate of drug-likeness (QED) is 0.300. The maximum absolute atomic E-state index is 12.7. The first-order chi connectivity index (χ1) is 14.5. The van der Waals surface area contributed by atoms with Gasteiger partial charge in [0, 0.05) is 45.4 Å². The number of guanidine groups is 1. The van der Waals surface area contributed by atoms with Crippen LogP contribution in [0.2, 0.25) is 0 Å². The Morgan fingerprint density at radius 1 is 1.06 bits per heavy atom. The van der Waals surface area contributed by atoms with E-state index in [1.807, 2.05) is 72.3 Å². The van der Waals surface area contributed by atoms with Crippen LogP contribution in [0.1, 0.15) is 18.1 Å². The summed E-state index contributed by atoms with van der Waals surface area (Å²) in [6, 6.07) is 15.7. The second-order valence-electron chi connectivity index (χ2n) is 6.83. The number of likely N-dealkylation sites (N-methyl/N-ethyl adjacent to an activating group) is 1. The van der Waals surface area contributed by atoms with Gasteiger partial charge in [-0.25, -0.2) is 0 Å². The molecule has 8 heteroatoms. The number of rotatable bonds is 9. The molecule has 0 heterocycles. The Hall–Kier alpha value is -2.49. The van der Waals surface area contributed by atoms with E-state index in [0.717, 1.165) is 22.6 Å². The summed E-state index contributed by atoms with van der Waals surface area (Å²) in [6.45, 7) is 3.97. The van der Waals surface area contributed by atoms with Gasteiger partial charge in [-0.1, -0.05) is 30.3 Å². The topological polar surface area (TPSA) is 66.4 Å². The number of hydrogen-bond donors (Lipinski definition) is 1. The zero-order chi connectivity index (χ0) is 21.9. The Kier molecular flexibility index (Phi) is 11.8. The largest absolute Gasteiger partial charge is 0.497 e. The van der Waals surface area contributed by atoms with E-state index in [4.69, 9.17) is 9.47 Å². The third kappa shape index (κ3) is 7.93. The number of carbonyl (C=O) groups excluding carboxylic acids is 1. The Labute approximate surface area is 202 Å². The molecule has 0 aromatic heterocycles. The lowest BCUT2D eigenvalue weighted by atomic mass is 10.2. The molecule has 2 aromatic rings. The highest BCUT2D eigenvalue weighted by atomic mass is 127. The summed E-state index contributed by atoms with van der Waals surface area (Å²) < 4.78 is 10.7. The number of carbonyl (C=O) groups is 1. The highest BCUT2D eigenvalue weighted by Crippen LogP contribution is 2.25. The van der Waals surface area contributed by atoms with E-state index in [9.17, 15) is 4.79 Å². The minimum atomic E-state index is 0. The molecule has 0 saturated heterocycles. The average molecular weight is 540 g/mol. The Morgan fingerprint density at radius 3 is 2.35 bits per heavy atom. The standard InChI is InChI=1S/C23H32N4O3.HI/c1-6-27(16-18-10-8-7-9-11-18)22(28)15-25-23(24-2)26(3)17-19-12-13-20(29-4)14-21(19)30-5;/h7-14H,6,15-17H2,1-5H3,(H,24,25);1H. The van der Waals surface area contributed by atoms with Gasteiger partial charge in [0.05, 0.1) is 20.8 Å². The van der Waals surface area contributed by atoms with Crippen molar-refractivity contribution in [3.05, 3.63) is 59.7 Å². The summed E-state index contributed by atoms with van der Waals surface area (Å²) in [5.74, 6) is 2.15. The van der Waals surface area contributed by atoms with Gasteiger partial charge in [0.1, 0.15) is 11.5 Å². The molecule has 0 saturated carbocycles. The van der Waals surface area contributed by atoms with Crippen LogP contribution in [0.15, 0.2) is 53.5 Å². The lowest BCUT2D eigenvalue weighted by Gasteiger charge is -2.25. The van der Waals surface area contributed by atoms with E-state index < -0.39 is 0 Å². The highest BCUT2D eigenvalue weighted by Gasteiger charge is 2.15. The van der Waals surface area contributed by atoms with Gasteiger partial charge in [-0.2, -0.15) is 0 Å². The van der Waals surface area contributed by atoms with Crippen molar-refractivity contribution in [2.24, 2.45) is 4.99 Å². The molecular weight excluding hydrogens is 507 g/mol. The molecule has 1 N–H and O–H groups in total. The molecule has 0 bridgehead atoms. The van der Waals surface area contributed by atoms with Gasteiger partial charge in [-0.15, -0.1) is 24.0 Å². The Bertz CT molecular complexity index is 846. The predicted molar refractivity (Wildman–Crippen MR) is 135 cm³/mol. The van der Waals surface area contributed by atoms with Gasteiger partial charge in [0.2, 0.25) is 5.91 Å². The van der Waals surface area contributed by atoms with Crippen LogP contribution in [-0.2, 0) is 17.9 Å². The van der Waals surface area contributed by atoms with Gasteiger partial charge >= 0.3 is 0 Å². The fraction of sp³-hybridized carbons (Fsp3) is 0.391. The van der Waals surface area contributed by atoms with Gasteiger partial charge in [0.15, 0.2) is 5.96 Å². The molecule has 0 aliphatic rings. The molecule has 0 atom stereocenters. The molecule has 0 unspecified atom stereocenters. The molecular formula is C23H33IN4O3. The number of nitrogens with one attached hydrogen (secondary N) is 1. The second-order valence-corrected chi connectivity index (χ2v) is 6.83. The van der Waals surface area contributed by atoms with E-state index in [-0.39, 0.29) is 36.4 Å². The fourth-order valence-corrected chi connectivity index (χ4v) is 3.14. The van der Waals surface area contributed by atoms with Crippen molar-refractivity contribution in [2.75, 3.05) is 41.4 Å². The van der Waals surface area contributed by atoms with Crippen molar-refractivity contribution in [2.45, 2.75) is 20.0 Å². The first-order valence-electron chi connectivity index (χ1n) is 9.96. The van der Waals surface area contributed by atoms with Gasteiger partial charge in [0.25, 0.3) is 0 Å². The maximum Gasteiger partial charge on any atom is 0.242 e. The van der Waals surface area contributed by atoms with Crippen molar-refractivity contribution < 1.29 is 14.3 Å². The summed E-state index contributed by atoms with van der Waals surface area (Å²) in [5, 5.41) is 3.17. The maximum atomic E-state index is 12.7. The number of benzene rings is 2. The third-order valence-corrected chi connectivity index (χ3v) is 4.82. The molecule has 7 nitrogen and oxygen atoms in total. The number of amides is 1. The number of hydrogen-bond acceptors (Lipinski definition) is 4. The number of methoxy groups -OCH3 is 2. The van der Waals surface area contributed by atoms with Gasteiger partial charge in [-0.3, -0.25) is 9.79 Å². The predicted octanol–water partition coefficient (Wildman–Crippen LogP) is 3.38. The summed E-state index contributed by atoms with van der Waals surface area (Å²) >= 11 is 0. The summed E-state index contributed by atoms with van der Waals surface area (Å²) in [4.78, 5) is 20.8. The Balaban J connectivity index is 0.00000480. The van der Waals surface area contributed by atoms with Crippen molar-refractivity contribution in [1.82, 2.24) is 15.1 Å². The van der Waals surface area contributed by atoms with Crippen molar-refractivity contribution in [3.63, 3.8) is 0 Å². The molecule has 2 rings (SSSR count). The first-order valence-corrected chi connectivity index (χ1v) is 9.96. The van der Waals surface area contributed by atoms with Crippen LogP contribution in [-0.4, -0.2) is 63.1 Å². The average Bonchev–Trinajstić information content (AvgIpc) is 2.78. The number of aliphatic imine (C=N–C) groups is 1. The van der Waals surface area contributed by atoms with E-state index in [1.54, 1.807) is 21.3 Å². The third-order valence-electron chi connectivity index (χ3n) is 4.82. The number of nitrogens with zero attached hydrogens (tertiary/aromatic N) is 3. The summed E-state index contributed by atoms with van der Waals surface area (Å²) in [7, 11) is 6.89. The molecule has 2 aromatic carbocycles. The molecule has 170 valence electrons. The second kappa shape index (κ2) is 13.7. The van der Waals surface area contributed by atoms with Crippen LogP contribution in [0.5, 0.6) is 11.5 Å². The minimum absolute atomic E-state index is 0. The lowest BCUT2D eigenvalue weighted by molar-refractivity contribution is -0.130. The van der Waals surface area contributed by atoms with Crippen LogP contribution in [0.4, 0.5) is 0 Å². The van der Waals surface area contributed by atoms with E-state index >= 15 is 0 Å². The van der Waals surface area contributed by atoms with Gasteiger partial charge in [-0.05, 0) is 24.6 Å². The molecule has 0 fully saturated rings. The van der Waals surface area contributed by atoms with Crippen LogP contribution in [0.3, 0.4) is 0 Å². The van der Waals surface area contributed by atoms with Crippen LogP contribution < -0.4 is 14.8 Å². The zero-order valence-corrected chi connectivity index (χ0v) is 21.3. The normalized spacial score (nSPS) is 10.7. The summed E-state index contributed by atoms with van der Waals surface area (Å²) in [5.41, 5.74) is 2.11. The van der Waals surface area contributed by atoms with Crippen LogP contribution in [0.25, 0.3) is 0 Å². The lowest BCUT2D eigenvalue weighted by Crippen LogP contribution is -2.44. The number of halogens is 1. The van der Waals surface area contributed by atoms with E-state index in [1.165, 1.54) is 0 Å². The molecule has 0 aliphatic heterocycles. The van der Waals surface area contributed by atoms with Crippen molar-refractivity contribution in [1.29, 1.82) is 0 Å². The van der Waals surface area contributed by atoms with E-state index in [2.05, 4.69) is 10.3 Å². The zero-order valence-electron chi connectivity index (χ0n) is 18.9. The van der Waals surface area contributed by atoms with E-state index in [0.29, 0.717) is 25.6 Å². The first kappa shape index (κ1) is 26.5. The molecule has 1 amide bonds. The van der Waals surface area contributed by atoms with Gasteiger partial charge < -0.3 is 24.6 Å². The number of ether oxygens (including phenoxy) is 2. The van der Waals surface area contributed by atoms with Crippen LogP contribution in [0, 0.1) is 0 Å². The fourth-order valence-electron chi connectivity index (χ4n) is 3.14. The smallest absolute Gasteiger partial charge is 0.242 e. The Morgan fingerprint density at radius 2 is 1.77 bits per heavy atom. The van der Waals surface area contributed by atoms with Crippen LogP contribution >= 0.6 is 24.0 Å². The minimum Gasteiger partial charge on any atom is -0.497 e. The highest BCUT2D eigenvalue weighted by molar-refractivity contribution is 14.0.